The van der Waals surface area contributed by atoms with Gasteiger partial charge >= 0.3 is 12.1 Å². The van der Waals surface area contributed by atoms with Crippen LogP contribution in [0, 0.1) is 11.8 Å². The number of aliphatic hydroxyl groups is 1. The third-order valence-corrected chi connectivity index (χ3v) is 10.7. The second kappa shape index (κ2) is 17.6. The van der Waals surface area contributed by atoms with E-state index >= 15 is 0 Å². The van der Waals surface area contributed by atoms with E-state index in [2.05, 4.69) is 22.3 Å². The molecule has 12 atom stereocenters. The SMILES string of the molecule is CC[C@H]1OC(=O)C(C)C(=O)C[C@@H](O[C@@H]2O[C@H](C)CC(N(C)C)[C@H]2O)[C@](C)(OC)C[C@@H](C)CN[C@H](C)[C@H]2N(CCCCN=[N+]=[N-])C(=O)O[C@]12C. The predicted octanol–water partition coefficient (Wildman–Crippen LogP) is 3.81. The zero-order valence-electron chi connectivity index (χ0n) is 31.1. The first kappa shape index (κ1) is 40.9. The van der Waals surface area contributed by atoms with E-state index in [0.717, 1.165) is 0 Å². The third-order valence-electron chi connectivity index (χ3n) is 10.7. The van der Waals surface area contributed by atoms with Crippen LogP contribution in [0.5, 0.6) is 0 Å². The summed E-state index contributed by atoms with van der Waals surface area (Å²) in [6.07, 6.45) is -1.97. The summed E-state index contributed by atoms with van der Waals surface area (Å²) in [5, 5.41) is 18.5. The monoisotopic (exact) mass is 696 g/mol. The summed E-state index contributed by atoms with van der Waals surface area (Å²) in [7, 11) is 5.35. The fourth-order valence-electron chi connectivity index (χ4n) is 7.66. The molecule has 0 aromatic rings. The van der Waals surface area contributed by atoms with Crippen molar-refractivity contribution in [2.75, 3.05) is 40.8 Å². The minimum absolute atomic E-state index is 0.00299. The fraction of sp³-hybridized carbons (Fsp3) is 0.912. The lowest BCUT2D eigenvalue weighted by Crippen LogP contribution is -2.61. The standard InChI is InChI=1S/C34H60N6O9/c1-11-26-34(7)29(40(32(44)49-34)15-13-12-14-37-38-35)23(5)36-19-20(2)18-33(6,45-10)27(17-25(41)22(4)30(43)47-26)48-31-28(42)24(39(8)9)16-21(3)46-31/h20-24,26-29,31,36,42H,11-19H2,1-10H3/t20-,21-,22?,23-,24?,26-,27-,28-,29-,31+,33-,34-/m1/s1. The molecule has 0 aromatic carbocycles. The van der Waals surface area contributed by atoms with Crippen LogP contribution >= 0.6 is 0 Å². The Balaban J connectivity index is 1.98. The largest absolute Gasteiger partial charge is 0.458 e. The lowest BCUT2D eigenvalue weighted by Gasteiger charge is -2.45. The van der Waals surface area contributed by atoms with Gasteiger partial charge in [0.1, 0.15) is 23.9 Å². The molecule has 280 valence electrons. The lowest BCUT2D eigenvalue weighted by atomic mass is 9.83. The fourth-order valence-corrected chi connectivity index (χ4v) is 7.66. The van der Waals surface area contributed by atoms with Crippen molar-refractivity contribution in [3.05, 3.63) is 10.4 Å². The number of cyclic esters (lactones) is 1. The van der Waals surface area contributed by atoms with E-state index in [-0.39, 0.29) is 30.5 Å². The molecule has 3 saturated heterocycles. The molecule has 2 N–H and O–H groups in total. The zero-order valence-corrected chi connectivity index (χ0v) is 31.1. The number of azide groups is 1. The van der Waals surface area contributed by atoms with Crippen molar-refractivity contribution in [1.29, 1.82) is 0 Å². The van der Waals surface area contributed by atoms with Gasteiger partial charge in [0, 0.05) is 43.6 Å². The highest BCUT2D eigenvalue weighted by atomic mass is 16.7. The number of aliphatic hydroxyl groups excluding tert-OH is 1. The number of carbonyl (C=O) groups excluding carboxylic acids is 3. The number of nitrogens with zero attached hydrogens (tertiary/aromatic N) is 5. The Bertz CT molecular complexity index is 1190. The highest BCUT2D eigenvalue weighted by Crippen LogP contribution is 2.39. The van der Waals surface area contributed by atoms with Gasteiger partial charge in [-0.3, -0.25) is 14.5 Å². The van der Waals surface area contributed by atoms with Crippen molar-refractivity contribution in [1.82, 2.24) is 15.1 Å². The number of esters is 1. The quantitative estimate of drug-likeness (QED) is 0.0845. The van der Waals surface area contributed by atoms with Crippen LogP contribution in [0.2, 0.25) is 0 Å². The van der Waals surface area contributed by atoms with Crippen molar-refractivity contribution in [2.24, 2.45) is 17.0 Å². The Labute approximate surface area is 291 Å². The van der Waals surface area contributed by atoms with E-state index in [1.165, 1.54) is 6.92 Å². The van der Waals surface area contributed by atoms with E-state index in [9.17, 15) is 19.5 Å². The summed E-state index contributed by atoms with van der Waals surface area (Å²) >= 11 is 0. The summed E-state index contributed by atoms with van der Waals surface area (Å²) in [6, 6.07) is -1.02. The van der Waals surface area contributed by atoms with E-state index in [1.54, 1.807) is 18.9 Å². The first-order valence-corrected chi connectivity index (χ1v) is 17.7. The number of hydrogen-bond donors (Lipinski definition) is 2. The number of carbonyl (C=O) groups is 3. The van der Waals surface area contributed by atoms with Crippen LogP contribution in [-0.4, -0.2) is 134 Å². The highest BCUT2D eigenvalue weighted by Gasteiger charge is 2.58. The molecule has 0 saturated carbocycles. The number of unbranched alkanes of at least 4 members (excludes halogenated alkanes) is 1. The molecular weight excluding hydrogens is 636 g/mol. The van der Waals surface area contributed by atoms with Gasteiger partial charge in [0.25, 0.3) is 0 Å². The molecule has 15 nitrogen and oxygen atoms in total. The molecule has 0 aliphatic carbocycles. The van der Waals surface area contributed by atoms with E-state index < -0.39 is 65.6 Å². The molecular formula is C34H60N6O9. The number of ketones is 1. The lowest BCUT2D eigenvalue weighted by molar-refractivity contribution is -0.289. The van der Waals surface area contributed by atoms with E-state index in [0.29, 0.717) is 51.7 Å². The first-order chi connectivity index (χ1) is 23.0. The molecule has 0 aromatic heterocycles. The Morgan fingerprint density at radius 2 is 1.86 bits per heavy atom. The van der Waals surface area contributed by atoms with Crippen LogP contribution in [-0.2, 0) is 33.3 Å². The molecule has 0 spiro atoms. The van der Waals surface area contributed by atoms with Gasteiger partial charge in [-0.1, -0.05) is 19.0 Å². The van der Waals surface area contributed by atoms with Gasteiger partial charge in [0.2, 0.25) is 0 Å². The smallest absolute Gasteiger partial charge is 0.410 e. The Hall–Kier alpha value is -2.52. The number of likely N-dealkylation sites (N-methyl/N-ethyl adjacent to an activating group) is 1. The summed E-state index contributed by atoms with van der Waals surface area (Å²) in [6.45, 7) is 14.2. The van der Waals surface area contributed by atoms with Crippen molar-refractivity contribution < 1.29 is 43.2 Å². The number of Topliss-reactive ketones (excluding diaryl/α,β-unsaturated/α-hetero) is 1. The summed E-state index contributed by atoms with van der Waals surface area (Å²) in [5.74, 6) is -2.28. The number of amides is 1. The Morgan fingerprint density at radius 1 is 1.16 bits per heavy atom. The van der Waals surface area contributed by atoms with Gasteiger partial charge in [-0.15, -0.1) is 0 Å². The first-order valence-electron chi connectivity index (χ1n) is 17.7. The maximum absolute atomic E-state index is 13.9. The third kappa shape index (κ3) is 9.63. The van der Waals surface area contributed by atoms with Crippen LogP contribution in [0.25, 0.3) is 10.4 Å². The van der Waals surface area contributed by atoms with E-state index in [1.807, 2.05) is 46.7 Å². The minimum Gasteiger partial charge on any atom is -0.458 e. The van der Waals surface area contributed by atoms with Gasteiger partial charge in [0.05, 0.1) is 23.9 Å². The van der Waals surface area contributed by atoms with Crippen LogP contribution in [0.4, 0.5) is 4.79 Å². The maximum atomic E-state index is 13.9. The number of rotatable bonds is 10. The topological polar surface area (TPSA) is 185 Å². The second-order valence-electron chi connectivity index (χ2n) is 14.8. The molecule has 0 radical (unpaired) electrons. The van der Waals surface area contributed by atoms with Crippen LogP contribution in [0.15, 0.2) is 5.11 Å². The minimum atomic E-state index is -1.22. The average Bonchev–Trinajstić information content (AvgIpc) is 3.31. The van der Waals surface area contributed by atoms with Crippen molar-refractivity contribution in [2.45, 2.75) is 147 Å². The molecule has 3 fully saturated rings. The molecule has 3 heterocycles. The average molecular weight is 697 g/mol. The van der Waals surface area contributed by atoms with Crippen molar-refractivity contribution in [3.8, 4) is 0 Å². The summed E-state index contributed by atoms with van der Waals surface area (Å²) < 4.78 is 30.8. The maximum Gasteiger partial charge on any atom is 0.410 e. The molecule has 1 amide bonds. The van der Waals surface area contributed by atoms with Crippen LogP contribution in [0.1, 0.15) is 87.0 Å². The summed E-state index contributed by atoms with van der Waals surface area (Å²) in [5.41, 5.74) is 6.41. The molecule has 3 aliphatic heterocycles. The number of methoxy groups -OCH3 is 1. The number of nitrogens with one attached hydrogen (secondary N) is 1. The molecule has 49 heavy (non-hydrogen) atoms. The molecule has 15 heteroatoms. The zero-order chi connectivity index (χ0) is 36.7. The number of hydrogen-bond acceptors (Lipinski definition) is 12. The van der Waals surface area contributed by atoms with Gasteiger partial charge in [-0.2, -0.15) is 0 Å². The number of ether oxygens (including phenoxy) is 5. The van der Waals surface area contributed by atoms with Crippen molar-refractivity contribution >= 4 is 17.8 Å². The predicted molar refractivity (Wildman–Crippen MR) is 182 cm³/mol. The Morgan fingerprint density at radius 3 is 2.47 bits per heavy atom. The van der Waals surface area contributed by atoms with Crippen molar-refractivity contribution in [3.63, 3.8) is 0 Å². The van der Waals surface area contributed by atoms with Gasteiger partial charge in [-0.25, -0.2) is 4.79 Å². The van der Waals surface area contributed by atoms with Crippen LogP contribution in [0.3, 0.4) is 0 Å². The normalized spacial score (nSPS) is 39.8. The highest BCUT2D eigenvalue weighted by molar-refractivity contribution is 5.99. The molecule has 3 aliphatic rings. The van der Waals surface area contributed by atoms with Gasteiger partial charge < -0.3 is 39.0 Å². The van der Waals surface area contributed by atoms with Gasteiger partial charge in [0.15, 0.2) is 11.9 Å². The summed E-state index contributed by atoms with van der Waals surface area (Å²) in [4.78, 5) is 47.4. The van der Waals surface area contributed by atoms with Gasteiger partial charge in [-0.05, 0) is 98.8 Å². The molecule has 2 unspecified atom stereocenters. The van der Waals surface area contributed by atoms with E-state index in [4.69, 9.17) is 29.2 Å². The van der Waals surface area contributed by atoms with Crippen LogP contribution < -0.4 is 5.32 Å². The molecule has 0 bridgehead atoms. The number of fused-ring (bicyclic) bond motifs is 1. The molecule has 3 rings (SSSR count). The second-order valence-corrected chi connectivity index (χ2v) is 14.8. The Kier molecular flexibility index (Phi) is 14.7.